The molecule has 2 N–H and O–H groups in total. The second kappa shape index (κ2) is 6.38. The smallest absolute Gasteiger partial charge is 0.248 e. The summed E-state index contributed by atoms with van der Waals surface area (Å²) in [5, 5.41) is 13.8. The molecule has 0 aliphatic rings. The first-order valence-electron chi connectivity index (χ1n) is 8.33. The summed E-state index contributed by atoms with van der Waals surface area (Å²) in [7, 11) is 0. The summed E-state index contributed by atoms with van der Waals surface area (Å²) < 4.78 is 3.47. The molecular formula is C19H15N7O. The lowest BCUT2D eigenvalue weighted by molar-refractivity contribution is 0.100. The van der Waals surface area contributed by atoms with Gasteiger partial charge in [-0.25, -0.2) is 14.5 Å². The van der Waals surface area contributed by atoms with Crippen molar-refractivity contribution >= 4 is 11.6 Å². The van der Waals surface area contributed by atoms with Crippen LogP contribution in [-0.2, 0) is 6.54 Å². The number of carbonyl (C=O) groups excluding carboxylic acids is 1. The normalized spacial score (nSPS) is 10.8. The predicted octanol–water partition coefficient (Wildman–Crippen LogP) is 2.25. The van der Waals surface area contributed by atoms with Crippen LogP contribution in [0, 0.1) is 11.3 Å². The summed E-state index contributed by atoms with van der Waals surface area (Å²) in [6.45, 7) is 2.69. The molecule has 27 heavy (non-hydrogen) atoms. The van der Waals surface area contributed by atoms with Gasteiger partial charge in [-0.15, -0.1) is 0 Å². The maximum absolute atomic E-state index is 11.5. The number of nitrogens with zero attached hydrogens (tertiary/aromatic N) is 6. The highest BCUT2D eigenvalue weighted by molar-refractivity contribution is 5.94. The Morgan fingerprint density at radius 3 is 2.85 bits per heavy atom. The van der Waals surface area contributed by atoms with E-state index < -0.39 is 5.91 Å². The average Bonchev–Trinajstić information content (AvgIpc) is 3.31. The van der Waals surface area contributed by atoms with Crippen molar-refractivity contribution in [1.82, 2.24) is 24.1 Å². The molecule has 0 radical (unpaired) electrons. The van der Waals surface area contributed by atoms with Crippen molar-refractivity contribution in [2.45, 2.75) is 13.5 Å². The van der Waals surface area contributed by atoms with Gasteiger partial charge in [0.05, 0.1) is 23.9 Å². The number of amides is 1. The maximum atomic E-state index is 11.5. The predicted molar refractivity (Wildman–Crippen MR) is 98.6 cm³/mol. The molecule has 0 aliphatic carbocycles. The third-order valence-corrected chi connectivity index (χ3v) is 4.32. The van der Waals surface area contributed by atoms with Crippen LogP contribution < -0.4 is 5.73 Å². The number of primary amides is 1. The molecule has 0 atom stereocenters. The van der Waals surface area contributed by atoms with Crippen molar-refractivity contribution in [3.8, 4) is 28.7 Å². The fraction of sp³-hybridized carbons (Fsp3) is 0.105. The molecule has 3 aromatic heterocycles. The zero-order valence-corrected chi connectivity index (χ0v) is 14.5. The van der Waals surface area contributed by atoms with Gasteiger partial charge in [0.25, 0.3) is 0 Å². The summed E-state index contributed by atoms with van der Waals surface area (Å²) >= 11 is 0. The number of hydrogen-bond donors (Lipinski definition) is 1. The highest BCUT2D eigenvalue weighted by Gasteiger charge is 2.18. The molecule has 0 spiro atoms. The average molecular weight is 357 g/mol. The van der Waals surface area contributed by atoms with E-state index in [1.54, 1.807) is 30.6 Å². The van der Waals surface area contributed by atoms with Crippen molar-refractivity contribution in [2.75, 3.05) is 0 Å². The Kier molecular flexibility index (Phi) is 3.90. The van der Waals surface area contributed by atoms with E-state index >= 15 is 0 Å². The quantitative estimate of drug-likeness (QED) is 0.601. The Hall–Kier alpha value is -3.99. The van der Waals surface area contributed by atoms with Crippen LogP contribution >= 0.6 is 0 Å². The number of nitriles is 1. The third-order valence-electron chi connectivity index (χ3n) is 4.32. The minimum absolute atomic E-state index is 0.353. The van der Waals surface area contributed by atoms with Gasteiger partial charge in [-0.05, 0) is 31.2 Å². The van der Waals surface area contributed by atoms with Gasteiger partial charge in [0.15, 0.2) is 11.3 Å². The van der Waals surface area contributed by atoms with E-state index in [9.17, 15) is 10.1 Å². The molecule has 0 saturated carbocycles. The lowest BCUT2D eigenvalue weighted by Gasteiger charge is -2.09. The second-order valence-electron chi connectivity index (χ2n) is 5.92. The van der Waals surface area contributed by atoms with E-state index in [0.29, 0.717) is 34.8 Å². The van der Waals surface area contributed by atoms with Crippen LogP contribution in [0.1, 0.15) is 23.0 Å². The molecule has 1 amide bonds. The van der Waals surface area contributed by atoms with Crippen molar-refractivity contribution in [2.24, 2.45) is 5.73 Å². The van der Waals surface area contributed by atoms with E-state index in [2.05, 4.69) is 21.1 Å². The number of aromatic nitrogens is 5. The number of carbonyl (C=O) groups is 1. The van der Waals surface area contributed by atoms with Crippen molar-refractivity contribution in [3.63, 3.8) is 0 Å². The topological polar surface area (TPSA) is 115 Å². The molecule has 3 heterocycles. The number of hydrogen-bond acceptors (Lipinski definition) is 5. The zero-order valence-electron chi connectivity index (χ0n) is 14.5. The largest absolute Gasteiger partial charge is 0.366 e. The number of nitrogens with two attached hydrogens (primary N) is 1. The summed E-state index contributed by atoms with van der Waals surface area (Å²) in [6, 6.07) is 12.7. The van der Waals surface area contributed by atoms with E-state index in [1.165, 1.54) is 10.7 Å². The molecule has 132 valence electrons. The van der Waals surface area contributed by atoms with Gasteiger partial charge in [0, 0.05) is 17.7 Å². The van der Waals surface area contributed by atoms with E-state index in [0.717, 1.165) is 11.3 Å². The molecule has 4 rings (SSSR count). The molecule has 0 saturated heterocycles. The van der Waals surface area contributed by atoms with Gasteiger partial charge < -0.3 is 10.3 Å². The molecule has 0 bridgehead atoms. The highest BCUT2D eigenvalue weighted by Crippen LogP contribution is 2.30. The van der Waals surface area contributed by atoms with Crippen LogP contribution in [0.25, 0.3) is 28.3 Å². The standard InChI is InChI=1S/C19H15N7O/c1-2-25-11-23-17(12-4-3-5-13(8-12)19(21)27)18(25)15-6-7-16-22-10-14(9-20)26(16)24-15/h3-8,10-11H,2H2,1H3,(H2,21,27). The number of imidazole rings is 2. The third kappa shape index (κ3) is 2.71. The Morgan fingerprint density at radius 1 is 1.26 bits per heavy atom. The maximum Gasteiger partial charge on any atom is 0.248 e. The number of rotatable bonds is 4. The molecule has 8 nitrogen and oxygen atoms in total. The lowest BCUT2D eigenvalue weighted by atomic mass is 10.0. The number of aryl methyl sites for hydroxylation is 1. The summed E-state index contributed by atoms with van der Waals surface area (Å²) in [5.74, 6) is -0.495. The first-order valence-corrected chi connectivity index (χ1v) is 8.33. The van der Waals surface area contributed by atoms with E-state index in [1.807, 2.05) is 23.6 Å². The monoisotopic (exact) mass is 357 g/mol. The Morgan fingerprint density at radius 2 is 2.11 bits per heavy atom. The van der Waals surface area contributed by atoms with Gasteiger partial charge in [-0.1, -0.05) is 12.1 Å². The van der Waals surface area contributed by atoms with Gasteiger partial charge in [-0.3, -0.25) is 4.79 Å². The SMILES string of the molecule is CCn1cnc(-c2cccc(C(N)=O)c2)c1-c1ccc2ncc(C#N)n2n1. The zero-order chi connectivity index (χ0) is 19.0. The van der Waals surface area contributed by atoms with Crippen molar-refractivity contribution in [1.29, 1.82) is 5.26 Å². The first-order chi connectivity index (χ1) is 13.1. The Bertz CT molecular complexity index is 1210. The van der Waals surface area contributed by atoms with E-state index in [-0.39, 0.29) is 0 Å². The van der Waals surface area contributed by atoms with Crippen LogP contribution in [0.4, 0.5) is 0 Å². The minimum atomic E-state index is -0.495. The van der Waals surface area contributed by atoms with Gasteiger partial charge in [0.2, 0.25) is 5.91 Å². The molecule has 8 heteroatoms. The van der Waals surface area contributed by atoms with Crippen LogP contribution in [0.2, 0.25) is 0 Å². The molecule has 0 fully saturated rings. The van der Waals surface area contributed by atoms with Gasteiger partial charge in [-0.2, -0.15) is 10.4 Å². The Labute approximate surface area is 154 Å². The molecule has 1 aromatic carbocycles. The Balaban J connectivity index is 1.94. The van der Waals surface area contributed by atoms with Gasteiger partial charge in [0.1, 0.15) is 11.8 Å². The fourth-order valence-electron chi connectivity index (χ4n) is 3.00. The van der Waals surface area contributed by atoms with Crippen LogP contribution in [0.5, 0.6) is 0 Å². The first kappa shape index (κ1) is 16.5. The van der Waals surface area contributed by atoms with Crippen LogP contribution in [0.3, 0.4) is 0 Å². The van der Waals surface area contributed by atoms with Crippen LogP contribution in [-0.4, -0.2) is 30.1 Å². The van der Waals surface area contributed by atoms with Crippen LogP contribution in [0.15, 0.2) is 48.9 Å². The lowest BCUT2D eigenvalue weighted by Crippen LogP contribution is -2.10. The van der Waals surface area contributed by atoms with E-state index in [4.69, 9.17) is 5.73 Å². The molecule has 4 aromatic rings. The fourth-order valence-corrected chi connectivity index (χ4v) is 3.00. The summed E-state index contributed by atoms with van der Waals surface area (Å²) in [6.07, 6.45) is 3.22. The van der Waals surface area contributed by atoms with Crippen molar-refractivity contribution in [3.05, 3.63) is 60.2 Å². The molecule has 0 aliphatic heterocycles. The summed E-state index contributed by atoms with van der Waals surface area (Å²) in [5.41, 5.74) is 9.65. The van der Waals surface area contributed by atoms with Crippen molar-refractivity contribution < 1.29 is 4.79 Å². The summed E-state index contributed by atoms with van der Waals surface area (Å²) in [4.78, 5) is 20.2. The number of fused-ring (bicyclic) bond motifs is 1. The second-order valence-corrected chi connectivity index (χ2v) is 5.92. The molecule has 0 unspecified atom stereocenters. The molecular weight excluding hydrogens is 342 g/mol. The highest BCUT2D eigenvalue weighted by atomic mass is 16.1. The minimum Gasteiger partial charge on any atom is -0.366 e. The number of benzene rings is 1. The van der Waals surface area contributed by atoms with Gasteiger partial charge >= 0.3 is 0 Å².